The molecular formula is C14H24N2O. The summed E-state index contributed by atoms with van der Waals surface area (Å²) in [5.74, 6) is 0.788. The summed E-state index contributed by atoms with van der Waals surface area (Å²) >= 11 is 0. The molecule has 0 atom stereocenters. The molecule has 3 heteroatoms. The van der Waals surface area contributed by atoms with Crippen molar-refractivity contribution in [2.75, 3.05) is 26.4 Å². The first-order chi connectivity index (χ1) is 7.99. The van der Waals surface area contributed by atoms with Gasteiger partial charge in [-0.3, -0.25) is 0 Å². The molecule has 0 radical (unpaired) electrons. The van der Waals surface area contributed by atoms with E-state index in [1.807, 2.05) is 26.0 Å². The lowest BCUT2D eigenvalue weighted by atomic mass is 10.1. The van der Waals surface area contributed by atoms with Crippen LogP contribution in [0.1, 0.15) is 25.8 Å². The molecule has 96 valence electrons. The van der Waals surface area contributed by atoms with Crippen molar-refractivity contribution >= 4 is 5.69 Å². The normalized spacial score (nSPS) is 11.2. The second-order valence-electron chi connectivity index (χ2n) is 4.95. The average molecular weight is 236 g/mol. The minimum atomic E-state index is 0.164. The fraction of sp³-hybridized carbons (Fsp3) is 0.571. The summed E-state index contributed by atoms with van der Waals surface area (Å²) in [6.07, 6.45) is 2.37. The number of nitrogens with zero attached hydrogens (tertiary/aromatic N) is 1. The highest BCUT2D eigenvalue weighted by Crippen LogP contribution is 2.24. The van der Waals surface area contributed by atoms with E-state index >= 15 is 0 Å². The average Bonchev–Trinajstić information content (AvgIpc) is 2.21. The van der Waals surface area contributed by atoms with Gasteiger partial charge in [0.15, 0.2) is 0 Å². The number of rotatable bonds is 6. The van der Waals surface area contributed by atoms with Crippen molar-refractivity contribution in [3.05, 3.63) is 23.8 Å². The van der Waals surface area contributed by atoms with Gasteiger partial charge in [0.1, 0.15) is 5.75 Å². The van der Waals surface area contributed by atoms with Crippen molar-refractivity contribution < 1.29 is 4.74 Å². The molecule has 2 N–H and O–H groups in total. The van der Waals surface area contributed by atoms with E-state index in [2.05, 4.69) is 25.1 Å². The van der Waals surface area contributed by atoms with Crippen LogP contribution >= 0.6 is 0 Å². The van der Waals surface area contributed by atoms with Gasteiger partial charge in [0, 0.05) is 0 Å². The Bertz CT molecular complexity index is 348. The van der Waals surface area contributed by atoms with Crippen molar-refractivity contribution in [1.29, 1.82) is 0 Å². The fourth-order valence-corrected chi connectivity index (χ4v) is 1.71. The highest BCUT2D eigenvalue weighted by molar-refractivity contribution is 5.54. The molecule has 0 spiro atoms. The van der Waals surface area contributed by atoms with Crippen LogP contribution in [0.3, 0.4) is 0 Å². The lowest BCUT2D eigenvalue weighted by Gasteiger charge is -2.13. The van der Waals surface area contributed by atoms with Gasteiger partial charge in [-0.05, 0) is 65.0 Å². The summed E-state index contributed by atoms with van der Waals surface area (Å²) in [5, 5.41) is 0. The molecule has 17 heavy (non-hydrogen) atoms. The van der Waals surface area contributed by atoms with Gasteiger partial charge in [-0.1, -0.05) is 6.07 Å². The Labute approximate surface area is 105 Å². The van der Waals surface area contributed by atoms with Crippen molar-refractivity contribution in [2.24, 2.45) is 0 Å². The molecule has 0 fully saturated rings. The lowest BCUT2D eigenvalue weighted by molar-refractivity contribution is 0.244. The van der Waals surface area contributed by atoms with E-state index in [0.29, 0.717) is 0 Å². The molecule has 1 aromatic rings. The zero-order valence-electron chi connectivity index (χ0n) is 11.4. The van der Waals surface area contributed by atoms with E-state index in [4.69, 9.17) is 10.5 Å². The van der Waals surface area contributed by atoms with Gasteiger partial charge in [0.2, 0.25) is 0 Å². The van der Waals surface area contributed by atoms with Crippen LogP contribution in [-0.4, -0.2) is 31.6 Å². The van der Waals surface area contributed by atoms with Gasteiger partial charge in [-0.2, -0.15) is 0 Å². The van der Waals surface area contributed by atoms with Gasteiger partial charge < -0.3 is 15.4 Å². The number of anilines is 1. The third kappa shape index (κ3) is 5.09. The molecule has 0 aromatic heterocycles. The molecule has 1 aromatic carbocycles. The highest BCUT2D eigenvalue weighted by atomic mass is 16.5. The fourth-order valence-electron chi connectivity index (χ4n) is 1.71. The molecular weight excluding hydrogens is 212 g/mol. The molecule has 0 unspecified atom stereocenters. The first-order valence-electron chi connectivity index (χ1n) is 6.19. The van der Waals surface area contributed by atoms with Crippen LogP contribution in [-0.2, 0) is 6.42 Å². The lowest BCUT2D eigenvalue weighted by Crippen LogP contribution is -2.13. The Balaban J connectivity index is 2.56. The first-order valence-corrected chi connectivity index (χ1v) is 6.19. The second kappa shape index (κ2) is 6.50. The Morgan fingerprint density at radius 2 is 2.00 bits per heavy atom. The van der Waals surface area contributed by atoms with Crippen molar-refractivity contribution in [3.8, 4) is 5.75 Å². The van der Waals surface area contributed by atoms with Crippen LogP contribution in [0.25, 0.3) is 0 Å². The third-order valence-electron chi connectivity index (χ3n) is 2.51. The van der Waals surface area contributed by atoms with Crippen LogP contribution in [0.4, 0.5) is 5.69 Å². The van der Waals surface area contributed by atoms with Crippen LogP contribution in [0.2, 0.25) is 0 Å². The number of hydrogen-bond acceptors (Lipinski definition) is 3. The second-order valence-corrected chi connectivity index (χ2v) is 4.95. The molecule has 0 aliphatic heterocycles. The number of benzene rings is 1. The molecule has 0 saturated heterocycles. The maximum atomic E-state index is 5.97. The van der Waals surface area contributed by atoms with Crippen LogP contribution in [0, 0.1) is 0 Å². The van der Waals surface area contributed by atoms with Crippen molar-refractivity contribution in [2.45, 2.75) is 32.8 Å². The SMILES string of the molecule is CC(C)Oc1ccc(CCCN(C)C)cc1N. The van der Waals surface area contributed by atoms with Gasteiger partial charge >= 0.3 is 0 Å². The molecule has 0 saturated carbocycles. The largest absolute Gasteiger partial charge is 0.489 e. The van der Waals surface area contributed by atoms with Gasteiger partial charge in [0.05, 0.1) is 11.8 Å². The summed E-state index contributed by atoms with van der Waals surface area (Å²) in [7, 11) is 4.18. The predicted octanol–water partition coefficient (Wildman–Crippen LogP) is 2.55. The van der Waals surface area contributed by atoms with Crippen LogP contribution in [0.15, 0.2) is 18.2 Å². The van der Waals surface area contributed by atoms with Gasteiger partial charge in [-0.25, -0.2) is 0 Å². The standard InChI is InChI=1S/C14H24N2O/c1-11(2)17-14-8-7-12(10-13(14)15)6-5-9-16(3)4/h7-8,10-11H,5-6,9,15H2,1-4H3. The zero-order valence-corrected chi connectivity index (χ0v) is 11.4. The minimum absolute atomic E-state index is 0.164. The Kier molecular flexibility index (Phi) is 5.29. The van der Waals surface area contributed by atoms with Crippen LogP contribution in [0.5, 0.6) is 5.75 Å². The summed E-state index contributed by atoms with van der Waals surface area (Å²) in [5.41, 5.74) is 7.98. The highest BCUT2D eigenvalue weighted by Gasteiger charge is 2.04. The number of hydrogen-bond donors (Lipinski definition) is 1. The maximum absolute atomic E-state index is 5.97. The summed E-state index contributed by atoms with van der Waals surface area (Å²) in [6.45, 7) is 5.11. The third-order valence-corrected chi connectivity index (χ3v) is 2.51. The monoisotopic (exact) mass is 236 g/mol. The van der Waals surface area contributed by atoms with E-state index in [1.165, 1.54) is 5.56 Å². The topological polar surface area (TPSA) is 38.5 Å². The molecule has 0 aliphatic carbocycles. The van der Waals surface area contributed by atoms with E-state index < -0.39 is 0 Å². The van der Waals surface area contributed by atoms with E-state index in [1.54, 1.807) is 0 Å². The minimum Gasteiger partial charge on any atom is -0.489 e. The smallest absolute Gasteiger partial charge is 0.142 e. The number of nitrogen functional groups attached to an aromatic ring is 1. The summed E-state index contributed by atoms with van der Waals surface area (Å²) < 4.78 is 5.61. The van der Waals surface area contributed by atoms with E-state index in [0.717, 1.165) is 30.8 Å². The Morgan fingerprint density at radius 1 is 1.29 bits per heavy atom. The quantitative estimate of drug-likeness (QED) is 0.771. The molecule has 0 bridgehead atoms. The molecule has 0 aliphatic rings. The maximum Gasteiger partial charge on any atom is 0.142 e. The van der Waals surface area contributed by atoms with Crippen molar-refractivity contribution in [3.63, 3.8) is 0 Å². The molecule has 1 rings (SSSR count). The van der Waals surface area contributed by atoms with Gasteiger partial charge in [-0.15, -0.1) is 0 Å². The van der Waals surface area contributed by atoms with Crippen LogP contribution < -0.4 is 10.5 Å². The van der Waals surface area contributed by atoms with Gasteiger partial charge in [0.25, 0.3) is 0 Å². The number of ether oxygens (including phenoxy) is 1. The molecule has 0 amide bonds. The summed E-state index contributed by atoms with van der Waals surface area (Å²) in [4.78, 5) is 2.19. The van der Waals surface area contributed by atoms with Crippen molar-refractivity contribution in [1.82, 2.24) is 4.90 Å². The molecule has 0 heterocycles. The summed E-state index contributed by atoms with van der Waals surface area (Å²) in [6, 6.07) is 6.09. The number of nitrogens with two attached hydrogens (primary N) is 1. The predicted molar refractivity (Wildman–Crippen MR) is 73.5 cm³/mol. The Hall–Kier alpha value is -1.22. The zero-order chi connectivity index (χ0) is 12.8. The van der Waals surface area contributed by atoms with E-state index in [-0.39, 0.29) is 6.10 Å². The molecule has 3 nitrogen and oxygen atoms in total. The number of aryl methyl sites for hydroxylation is 1. The van der Waals surface area contributed by atoms with E-state index in [9.17, 15) is 0 Å². The Morgan fingerprint density at radius 3 is 2.53 bits per heavy atom. The first kappa shape index (κ1) is 13.8.